The summed E-state index contributed by atoms with van der Waals surface area (Å²) >= 11 is 0. The molecular weight excluding hydrogens is 248 g/mol. The van der Waals surface area contributed by atoms with Crippen LogP contribution in [0.2, 0.25) is 0 Å². The number of methoxy groups -OCH3 is 1. The fourth-order valence-corrected chi connectivity index (χ4v) is 1.50. The van der Waals surface area contributed by atoms with Gasteiger partial charge in [-0.3, -0.25) is 4.79 Å². The van der Waals surface area contributed by atoms with Gasteiger partial charge in [-0.2, -0.15) is 5.10 Å². The second-order valence-corrected chi connectivity index (χ2v) is 3.56. The Morgan fingerprint density at radius 1 is 1.47 bits per heavy atom. The Labute approximate surface area is 112 Å². The first-order valence-corrected chi connectivity index (χ1v) is 5.91. The minimum Gasteiger partial charge on any atom is -0.493 e. The smallest absolute Gasteiger partial charge is 0.309 e. The lowest BCUT2D eigenvalue weighted by Crippen LogP contribution is -2.10. The van der Waals surface area contributed by atoms with Gasteiger partial charge in [0.1, 0.15) is 0 Å². The number of para-hydroxylation sites is 1. The molecule has 0 unspecified atom stereocenters. The van der Waals surface area contributed by atoms with Crippen LogP contribution >= 0.6 is 0 Å². The van der Waals surface area contributed by atoms with Gasteiger partial charge in [0.05, 0.1) is 33.0 Å². The van der Waals surface area contributed by atoms with Gasteiger partial charge in [0.15, 0.2) is 11.5 Å². The number of ether oxygens (including phenoxy) is 3. The number of esters is 1. The fraction of sp³-hybridized carbons (Fsp3) is 0.385. The lowest BCUT2D eigenvalue weighted by Gasteiger charge is -2.12. The largest absolute Gasteiger partial charge is 0.493 e. The number of hydrogen-bond acceptors (Lipinski definition) is 6. The molecule has 19 heavy (non-hydrogen) atoms. The van der Waals surface area contributed by atoms with Crippen molar-refractivity contribution in [1.82, 2.24) is 0 Å². The minimum absolute atomic E-state index is 0.172. The van der Waals surface area contributed by atoms with Crippen molar-refractivity contribution in [2.45, 2.75) is 13.3 Å². The van der Waals surface area contributed by atoms with Crippen molar-refractivity contribution in [1.29, 1.82) is 0 Å². The summed E-state index contributed by atoms with van der Waals surface area (Å²) in [5, 5.41) is 3.46. The van der Waals surface area contributed by atoms with E-state index >= 15 is 0 Å². The van der Waals surface area contributed by atoms with Crippen LogP contribution in [0.5, 0.6) is 11.5 Å². The highest BCUT2D eigenvalue weighted by Crippen LogP contribution is 2.30. The van der Waals surface area contributed by atoms with Crippen molar-refractivity contribution in [3.63, 3.8) is 0 Å². The summed E-state index contributed by atoms with van der Waals surface area (Å²) in [6, 6.07) is 5.35. The van der Waals surface area contributed by atoms with Gasteiger partial charge >= 0.3 is 5.97 Å². The molecule has 0 aromatic heterocycles. The van der Waals surface area contributed by atoms with Crippen LogP contribution in [-0.2, 0) is 9.53 Å². The number of nitrogens with zero attached hydrogens (tertiary/aromatic N) is 1. The van der Waals surface area contributed by atoms with Gasteiger partial charge in [-0.15, -0.1) is 0 Å². The van der Waals surface area contributed by atoms with Crippen LogP contribution in [0.1, 0.15) is 18.9 Å². The van der Waals surface area contributed by atoms with E-state index in [9.17, 15) is 4.79 Å². The third-order valence-corrected chi connectivity index (χ3v) is 2.30. The van der Waals surface area contributed by atoms with Crippen LogP contribution in [0, 0.1) is 0 Å². The second kappa shape index (κ2) is 7.97. The molecule has 0 radical (unpaired) electrons. The van der Waals surface area contributed by atoms with Crippen molar-refractivity contribution >= 4 is 12.2 Å². The first-order chi connectivity index (χ1) is 9.22. The van der Waals surface area contributed by atoms with Gasteiger partial charge in [-0.05, 0) is 19.1 Å². The van der Waals surface area contributed by atoms with Gasteiger partial charge in [-0.25, -0.2) is 0 Å². The lowest BCUT2D eigenvalue weighted by molar-refractivity contribution is -0.143. The molecule has 1 aromatic carbocycles. The molecule has 0 aliphatic rings. The maximum Gasteiger partial charge on any atom is 0.309 e. The molecule has 2 N–H and O–H groups in total. The summed E-state index contributed by atoms with van der Waals surface area (Å²) < 4.78 is 15.6. The summed E-state index contributed by atoms with van der Waals surface area (Å²) in [7, 11) is 1.54. The minimum atomic E-state index is -0.300. The molecular formula is C13H18N2O4. The summed E-state index contributed by atoms with van der Waals surface area (Å²) in [6.45, 7) is 2.32. The van der Waals surface area contributed by atoms with Crippen LogP contribution in [-0.4, -0.2) is 32.5 Å². The average Bonchev–Trinajstić information content (AvgIpc) is 2.41. The molecule has 6 heteroatoms. The Hall–Kier alpha value is -2.24. The zero-order valence-electron chi connectivity index (χ0n) is 11.1. The molecule has 0 spiro atoms. The maximum absolute atomic E-state index is 11.2. The molecule has 0 bridgehead atoms. The second-order valence-electron chi connectivity index (χ2n) is 3.56. The lowest BCUT2D eigenvalue weighted by atomic mass is 10.2. The topological polar surface area (TPSA) is 83.1 Å². The van der Waals surface area contributed by atoms with E-state index in [1.807, 2.05) is 0 Å². The number of carbonyl (C=O) groups is 1. The number of hydrogen-bond donors (Lipinski definition) is 1. The van der Waals surface area contributed by atoms with Gasteiger partial charge in [-0.1, -0.05) is 6.07 Å². The number of rotatable bonds is 7. The first kappa shape index (κ1) is 14.8. The standard InChI is InChI=1S/C13H18N2O4/c1-3-18-12(16)7-8-19-13-10(9-15-14)5-4-6-11(13)17-2/h4-6,9H,3,7-8,14H2,1-2H3. The van der Waals surface area contributed by atoms with Gasteiger partial charge < -0.3 is 20.1 Å². The molecule has 0 amide bonds. The molecule has 0 saturated carbocycles. The van der Waals surface area contributed by atoms with Crippen LogP contribution in [0.4, 0.5) is 0 Å². The van der Waals surface area contributed by atoms with Crippen LogP contribution in [0.15, 0.2) is 23.3 Å². The number of carbonyl (C=O) groups excluding carboxylic acids is 1. The predicted molar refractivity (Wildman–Crippen MR) is 71.5 cm³/mol. The number of hydrazone groups is 1. The fourth-order valence-electron chi connectivity index (χ4n) is 1.50. The van der Waals surface area contributed by atoms with E-state index in [0.29, 0.717) is 23.7 Å². The summed E-state index contributed by atoms with van der Waals surface area (Å²) in [5.74, 6) is 5.90. The van der Waals surface area contributed by atoms with Crippen molar-refractivity contribution in [2.24, 2.45) is 10.9 Å². The van der Waals surface area contributed by atoms with Crippen LogP contribution in [0.25, 0.3) is 0 Å². The Balaban J connectivity index is 2.72. The molecule has 0 heterocycles. The Morgan fingerprint density at radius 3 is 2.89 bits per heavy atom. The molecule has 0 aliphatic carbocycles. The summed E-state index contributed by atoms with van der Waals surface area (Å²) in [5.41, 5.74) is 0.686. The zero-order valence-corrected chi connectivity index (χ0v) is 11.1. The monoisotopic (exact) mass is 266 g/mol. The number of nitrogens with two attached hydrogens (primary N) is 1. The molecule has 0 fully saturated rings. The predicted octanol–water partition coefficient (Wildman–Crippen LogP) is 1.32. The Bertz CT molecular complexity index is 446. The van der Waals surface area contributed by atoms with E-state index in [1.54, 1.807) is 25.1 Å². The highest BCUT2D eigenvalue weighted by atomic mass is 16.5. The highest BCUT2D eigenvalue weighted by Gasteiger charge is 2.10. The van der Waals surface area contributed by atoms with E-state index in [-0.39, 0.29) is 19.0 Å². The van der Waals surface area contributed by atoms with Crippen molar-refractivity contribution in [3.05, 3.63) is 23.8 Å². The van der Waals surface area contributed by atoms with E-state index in [1.165, 1.54) is 13.3 Å². The molecule has 6 nitrogen and oxygen atoms in total. The molecule has 0 aliphatic heterocycles. The summed E-state index contributed by atoms with van der Waals surface area (Å²) in [6.07, 6.45) is 1.63. The van der Waals surface area contributed by atoms with E-state index < -0.39 is 0 Å². The molecule has 1 aromatic rings. The number of benzene rings is 1. The molecule has 0 saturated heterocycles. The highest BCUT2D eigenvalue weighted by molar-refractivity contribution is 5.84. The first-order valence-electron chi connectivity index (χ1n) is 5.91. The molecule has 1 rings (SSSR count). The summed E-state index contributed by atoms with van der Waals surface area (Å²) in [4.78, 5) is 11.2. The SMILES string of the molecule is CCOC(=O)CCOc1c(C=NN)cccc1OC. The van der Waals surface area contributed by atoms with Crippen molar-refractivity contribution in [2.75, 3.05) is 20.3 Å². The van der Waals surface area contributed by atoms with E-state index in [2.05, 4.69) is 5.10 Å². The Morgan fingerprint density at radius 2 is 2.26 bits per heavy atom. The average molecular weight is 266 g/mol. The van der Waals surface area contributed by atoms with Crippen molar-refractivity contribution < 1.29 is 19.0 Å². The van der Waals surface area contributed by atoms with Gasteiger partial charge in [0.25, 0.3) is 0 Å². The van der Waals surface area contributed by atoms with Gasteiger partial charge in [0, 0.05) is 5.56 Å². The van der Waals surface area contributed by atoms with E-state index in [0.717, 1.165) is 0 Å². The van der Waals surface area contributed by atoms with Crippen molar-refractivity contribution in [3.8, 4) is 11.5 Å². The maximum atomic E-state index is 11.2. The quantitative estimate of drug-likeness (QED) is 0.348. The third-order valence-electron chi connectivity index (χ3n) is 2.30. The van der Waals surface area contributed by atoms with E-state index in [4.69, 9.17) is 20.1 Å². The normalized spacial score (nSPS) is 10.4. The molecule has 104 valence electrons. The van der Waals surface area contributed by atoms with Crippen LogP contribution in [0.3, 0.4) is 0 Å². The van der Waals surface area contributed by atoms with Crippen LogP contribution < -0.4 is 15.3 Å². The third kappa shape index (κ3) is 4.50. The Kier molecular flexibility index (Phi) is 6.21. The van der Waals surface area contributed by atoms with Gasteiger partial charge in [0.2, 0.25) is 0 Å². The zero-order chi connectivity index (χ0) is 14.1. The molecule has 0 atom stereocenters.